The van der Waals surface area contributed by atoms with Crippen molar-refractivity contribution in [3.8, 4) is 0 Å². The maximum absolute atomic E-state index is 11.9. The summed E-state index contributed by atoms with van der Waals surface area (Å²) in [6, 6.07) is 6.28. The summed E-state index contributed by atoms with van der Waals surface area (Å²) in [7, 11) is 3.63. The van der Waals surface area contributed by atoms with Gasteiger partial charge in [-0.3, -0.25) is 9.69 Å². The van der Waals surface area contributed by atoms with Crippen LogP contribution in [0.4, 0.5) is 0 Å². The minimum absolute atomic E-state index is 0.0479. The third kappa shape index (κ3) is 3.17. The van der Waals surface area contributed by atoms with Crippen LogP contribution in [-0.2, 0) is 13.6 Å². The van der Waals surface area contributed by atoms with Gasteiger partial charge in [0.2, 0.25) is 0 Å². The molecule has 0 radical (unpaired) electrons. The molecule has 0 aliphatic carbocycles. The van der Waals surface area contributed by atoms with Crippen LogP contribution in [0, 0.1) is 6.92 Å². The third-order valence-electron chi connectivity index (χ3n) is 4.62. The van der Waals surface area contributed by atoms with Crippen molar-refractivity contribution in [3.63, 3.8) is 0 Å². The van der Waals surface area contributed by atoms with Crippen molar-refractivity contribution in [2.45, 2.75) is 38.8 Å². The van der Waals surface area contributed by atoms with Gasteiger partial charge in [-0.25, -0.2) is 0 Å². The van der Waals surface area contributed by atoms with Crippen molar-refractivity contribution in [2.24, 2.45) is 7.05 Å². The Morgan fingerprint density at radius 1 is 1.43 bits per heavy atom. The zero-order valence-corrected chi connectivity index (χ0v) is 14.0. The Labute approximate surface area is 136 Å². The highest BCUT2D eigenvalue weighted by Gasteiger charge is 2.27. The smallest absolute Gasteiger partial charge is 0.267 e. The monoisotopic (exact) mass is 316 g/mol. The number of carbonyl (C=O) groups excluding carboxylic acids is 1. The molecule has 0 aromatic carbocycles. The zero-order valence-electron chi connectivity index (χ0n) is 14.0. The van der Waals surface area contributed by atoms with Gasteiger partial charge in [-0.2, -0.15) is 0 Å². The highest BCUT2D eigenvalue weighted by atomic mass is 16.5. The van der Waals surface area contributed by atoms with Crippen molar-refractivity contribution < 1.29 is 9.32 Å². The van der Waals surface area contributed by atoms with Gasteiger partial charge < -0.3 is 14.4 Å². The molecule has 23 heavy (non-hydrogen) atoms. The predicted octanol–water partition coefficient (Wildman–Crippen LogP) is 2.41. The first kappa shape index (κ1) is 15.8. The van der Waals surface area contributed by atoms with E-state index in [0.717, 1.165) is 31.0 Å². The summed E-state index contributed by atoms with van der Waals surface area (Å²) in [4.78, 5) is 14.4. The average Bonchev–Trinajstić information content (AvgIpc) is 3.13. The molecule has 0 saturated carbocycles. The van der Waals surface area contributed by atoms with E-state index >= 15 is 0 Å². The maximum atomic E-state index is 11.9. The third-order valence-corrected chi connectivity index (χ3v) is 4.62. The normalized spacial score (nSPS) is 19.0. The Hall–Kier alpha value is -2.08. The number of nitrogens with one attached hydrogen (secondary N) is 1. The molecular formula is C17H24N4O2. The second-order valence-corrected chi connectivity index (χ2v) is 6.19. The molecule has 1 aliphatic heterocycles. The minimum atomic E-state index is -0.0479. The molecule has 2 aromatic heterocycles. The van der Waals surface area contributed by atoms with Gasteiger partial charge in [-0.15, -0.1) is 0 Å². The van der Waals surface area contributed by atoms with Gasteiger partial charge in [0.25, 0.3) is 5.91 Å². The lowest BCUT2D eigenvalue weighted by Gasteiger charge is -2.35. The Kier molecular flexibility index (Phi) is 4.52. The molecule has 1 atom stereocenters. The standard InChI is InChI=1S/C17H24N4O2/c1-12-10-13(19-23-12)11-21-9-5-4-6-15(21)14-7-8-16(20(14)3)17(22)18-2/h7-8,10,15H,4-6,9,11H2,1-3H3,(H,18,22). The number of aryl methyl sites for hydroxylation is 1. The van der Waals surface area contributed by atoms with Crippen LogP contribution >= 0.6 is 0 Å². The van der Waals surface area contributed by atoms with Crippen molar-refractivity contribution >= 4 is 5.91 Å². The number of rotatable bonds is 4. The molecule has 2 aromatic rings. The van der Waals surface area contributed by atoms with Crippen LogP contribution in [-0.4, -0.2) is 34.1 Å². The van der Waals surface area contributed by atoms with Crippen LogP contribution < -0.4 is 5.32 Å². The van der Waals surface area contributed by atoms with E-state index in [4.69, 9.17) is 4.52 Å². The number of likely N-dealkylation sites (tertiary alicyclic amines) is 1. The van der Waals surface area contributed by atoms with E-state index in [9.17, 15) is 4.79 Å². The Morgan fingerprint density at radius 3 is 2.96 bits per heavy atom. The van der Waals surface area contributed by atoms with Crippen LogP contribution in [0.2, 0.25) is 0 Å². The predicted molar refractivity (Wildman–Crippen MR) is 87.0 cm³/mol. The fourth-order valence-electron chi connectivity index (χ4n) is 3.43. The number of amides is 1. The summed E-state index contributed by atoms with van der Waals surface area (Å²) in [5.74, 6) is 0.794. The SMILES string of the molecule is CNC(=O)c1ccc(C2CCCCN2Cc2cc(C)on2)n1C. The van der Waals surface area contributed by atoms with Gasteiger partial charge >= 0.3 is 0 Å². The Balaban J connectivity index is 1.84. The molecule has 1 unspecified atom stereocenters. The van der Waals surface area contributed by atoms with Gasteiger partial charge in [-0.05, 0) is 38.4 Å². The Bertz CT molecular complexity index is 689. The minimum Gasteiger partial charge on any atom is -0.361 e. The molecule has 1 fully saturated rings. The summed E-state index contributed by atoms with van der Waals surface area (Å²) in [5, 5.41) is 6.82. The first-order valence-electron chi connectivity index (χ1n) is 8.14. The quantitative estimate of drug-likeness (QED) is 0.941. The molecule has 124 valence electrons. The van der Waals surface area contributed by atoms with Crippen LogP contribution in [0.15, 0.2) is 22.7 Å². The fourth-order valence-corrected chi connectivity index (χ4v) is 3.43. The van der Waals surface area contributed by atoms with Crippen LogP contribution in [0.5, 0.6) is 0 Å². The summed E-state index contributed by atoms with van der Waals surface area (Å²) in [6.45, 7) is 3.73. The first-order valence-corrected chi connectivity index (χ1v) is 8.14. The number of carbonyl (C=O) groups is 1. The zero-order chi connectivity index (χ0) is 16.4. The van der Waals surface area contributed by atoms with Crippen molar-refractivity contribution in [1.29, 1.82) is 0 Å². The topological polar surface area (TPSA) is 63.3 Å². The maximum Gasteiger partial charge on any atom is 0.267 e. The summed E-state index contributed by atoms with van der Waals surface area (Å²) in [6.07, 6.45) is 3.50. The highest BCUT2D eigenvalue weighted by molar-refractivity contribution is 5.92. The largest absolute Gasteiger partial charge is 0.361 e. The van der Waals surface area contributed by atoms with E-state index in [0.29, 0.717) is 11.7 Å². The first-order chi connectivity index (χ1) is 11.1. The lowest BCUT2D eigenvalue weighted by atomic mass is 9.99. The van der Waals surface area contributed by atoms with Gasteiger partial charge in [0.15, 0.2) is 0 Å². The molecule has 3 heterocycles. The number of hydrogen-bond acceptors (Lipinski definition) is 4. The summed E-state index contributed by atoms with van der Waals surface area (Å²) >= 11 is 0. The van der Waals surface area contributed by atoms with Crippen LogP contribution in [0.3, 0.4) is 0 Å². The molecular weight excluding hydrogens is 292 g/mol. The van der Waals surface area contributed by atoms with Crippen LogP contribution in [0.25, 0.3) is 0 Å². The van der Waals surface area contributed by atoms with E-state index in [-0.39, 0.29) is 5.91 Å². The number of aromatic nitrogens is 2. The summed E-state index contributed by atoms with van der Waals surface area (Å²) in [5.41, 5.74) is 2.85. The van der Waals surface area contributed by atoms with Crippen molar-refractivity contribution in [2.75, 3.05) is 13.6 Å². The number of nitrogens with zero attached hydrogens (tertiary/aromatic N) is 3. The molecule has 3 rings (SSSR count). The molecule has 6 heteroatoms. The van der Waals surface area contributed by atoms with E-state index < -0.39 is 0 Å². The van der Waals surface area contributed by atoms with E-state index in [1.54, 1.807) is 7.05 Å². The molecule has 1 N–H and O–H groups in total. The average molecular weight is 316 g/mol. The highest BCUT2D eigenvalue weighted by Crippen LogP contribution is 2.32. The van der Waals surface area contributed by atoms with Crippen LogP contribution in [0.1, 0.15) is 52.9 Å². The number of hydrogen-bond donors (Lipinski definition) is 1. The van der Waals surface area contributed by atoms with Gasteiger partial charge in [0.1, 0.15) is 11.5 Å². The van der Waals surface area contributed by atoms with Gasteiger partial charge in [0, 0.05) is 32.4 Å². The second-order valence-electron chi connectivity index (χ2n) is 6.19. The van der Waals surface area contributed by atoms with Gasteiger partial charge in [0.05, 0.1) is 11.7 Å². The molecule has 1 amide bonds. The van der Waals surface area contributed by atoms with Crippen molar-refractivity contribution in [3.05, 3.63) is 41.0 Å². The lowest BCUT2D eigenvalue weighted by molar-refractivity contribution is 0.0952. The van der Waals surface area contributed by atoms with Crippen molar-refractivity contribution in [1.82, 2.24) is 19.9 Å². The lowest BCUT2D eigenvalue weighted by Crippen LogP contribution is -2.34. The second kappa shape index (κ2) is 6.58. The molecule has 6 nitrogen and oxygen atoms in total. The van der Waals surface area contributed by atoms with E-state index in [2.05, 4.69) is 21.4 Å². The van der Waals surface area contributed by atoms with Gasteiger partial charge in [-0.1, -0.05) is 11.6 Å². The summed E-state index contributed by atoms with van der Waals surface area (Å²) < 4.78 is 7.20. The number of piperidine rings is 1. The van der Waals surface area contributed by atoms with E-state index in [1.165, 1.54) is 18.5 Å². The fraction of sp³-hybridized carbons (Fsp3) is 0.529. The molecule has 1 saturated heterocycles. The van der Waals surface area contributed by atoms with E-state index in [1.807, 2.05) is 30.7 Å². The molecule has 1 aliphatic rings. The Morgan fingerprint density at radius 2 is 2.26 bits per heavy atom. The molecule has 0 spiro atoms. The molecule has 0 bridgehead atoms.